The SMILES string of the molecule is N#Cc1ccc(Br)cc1NC(=O)CCOc1ccccc1. The minimum Gasteiger partial charge on any atom is -0.493 e. The first-order chi connectivity index (χ1) is 10.2. The van der Waals surface area contributed by atoms with Crippen LogP contribution in [0, 0.1) is 11.3 Å². The van der Waals surface area contributed by atoms with Gasteiger partial charge in [0, 0.05) is 4.47 Å². The molecule has 0 unspecified atom stereocenters. The minimum atomic E-state index is -0.194. The van der Waals surface area contributed by atoms with Crippen molar-refractivity contribution in [3.63, 3.8) is 0 Å². The summed E-state index contributed by atoms with van der Waals surface area (Å²) in [6.45, 7) is 0.283. The van der Waals surface area contributed by atoms with Crippen molar-refractivity contribution in [2.24, 2.45) is 0 Å². The van der Waals surface area contributed by atoms with Crippen molar-refractivity contribution in [2.45, 2.75) is 6.42 Å². The van der Waals surface area contributed by atoms with Crippen LogP contribution in [-0.2, 0) is 4.79 Å². The number of para-hydroxylation sites is 1. The normalized spacial score (nSPS) is 9.71. The fourth-order valence-corrected chi connectivity index (χ4v) is 2.07. The summed E-state index contributed by atoms with van der Waals surface area (Å²) in [6.07, 6.45) is 0.215. The molecular weight excluding hydrogens is 332 g/mol. The van der Waals surface area contributed by atoms with Gasteiger partial charge >= 0.3 is 0 Å². The summed E-state index contributed by atoms with van der Waals surface area (Å²) in [5, 5.41) is 11.7. The number of rotatable bonds is 5. The molecule has 0 aliphatic heterocycles. The second kappa shape index (κ2) is 7.46. The van der Waals surface area contributed by atoms with Crippen LogP contribution < -0.4 is 10.1 Å². The average molecular weight is 345 g/mol. The molecule has 0 bridgehead atoms. The summed E-state index contributed by atoms with van der Waals surface area (Å²) in [5.41, 5.74) is 0.923. The van der Waals surface area contributed by atoms with Gasteiger partial charge in [-0.3, -0.25) is 4.79 Å². The van der Waals surface area contributed by atoms with Crippen LogP contribution in [0.5, 0.6) is 5.75 Å². The lowest BCUT2D eigenvalue weighted by atomic mass is 10.2. The standard InChI is InChI=1S/C16H13BrN2O2/c17-13-7-6-12(11-18)15(10-13)19-16(20)8-9-21-14-4-2-1-3-5-14/h1-7,10H,8-9H2,(H,19,20). The van der Waals surface area contributed by atoms with Gasteiger partial charge in [0.25, 0.3) is 0 Å². The van der Waals surface area contributed by atoms with Gasteiger partial charge < -0.3 is 10.1 Å². The Morgan fingerprint density at radius 1 is 1.24 bits per heavy atom. The molecule has 1 N–H and O–H groups in total. The summed E-state index contributed by atoms with van der Waals surface area (Å²) < 4.78 is 6.26. The fraction of sp³-hybridized carbons (Fsp3) is 0.125. The van der Waals surface area contributed by atoms with Crippen LogP contribution in [-0.4, -0.2) is 12.5 Å². The molecule has 0 aromatic heterocycles. The highest BCUT2D eigenvalue weighted by atomic mass is 79.9. The van der Waals surface area contributed by atoms with Gasteiger partial charge in [0.15, 0.2) is 0 Å². The van der Waals surface area contributed by atoms with E-state index < -0.39 is 0 Å². The maximum Gasteiger partial charge on any atom is 0.227 e. The number of halogens is 1. The molecule has 0 saturated carbocycles. The molecule has 0 aliphatic carbocycles. The van der Waals surface area contributed by atoms with Crippen molar-refractivity contribution in [3.8, 4) is 11.8 Å². The molecule has 0 heterocycles. The number of anilines is 1. The number of amides is 1. The molecule has 2 aromatic carbocycles. The molecule has 2 rings (SSSR count). The smallest absolute Gasteiger partial charge is 0.227 e. The Morgan fingerprint density at radius 2 is 2.00 bits per heavy atom. The number of benzene rings is 2. The zero-order valence-electron chi connectivity index (χ0n) is 11.2. The first-order valence-electron chi connectivity index (χ1n) is 6.36. The highest BCUT2D eigenvalue weighted by Gasteiger charge is 2.07. The molecule has 0 saturated heterocycles. The van der Waals surface area contributed by atoms with Crippen molar-refractivity contribution >= 4 is 27.5 Å². The van der Waals surface area contributed by atoms with Crippen molar-refractivity contribution in [3.05, 3.63) is 58.6 Å². The molecule has 0 aliphatic rings. The molecule has 21 heavy (non-hydrogen) atoms. The molecule has 0 atom stereocenters. The molecule has 2 aromatic rings. The summed E-state index contributed by atoms with van der Waals surface area (Å²) in [4.78, 5) is 11.9. The molecule has 0 spiro atoms. The van der Waals surface area contributed by atoms with E-state index in [1.165, 1.54) is 0 Å². The molecule has 0 radical (unpaired) electrons. The summed E-state index contributed by atoms with van der Waals surface area (Å²) in [7, 11) is 0. The van der Waals surface area contributed by atoms with Crippen LogP contribution in [0.1, 0.15) is 12.0 Å². The average Bonchev–Trinajstić information content (AvgIpc) is 2.48. The third-order valence-corrected chi connectivity index (χ3v) is 3.21. The third-order valence-electron chi connectivity index (χ3n) is 2.72. The van der Waals surface area contributed by atoms with Crippen molar-refractivity contribution in [1.29, 1.82) is 5.26 Å². The van der Waals surface area contributed by atoms with Gasteiger partial charge in [0.1, 0.15) is 11.8 Å². The second-order valence-electron chi connectivity index (χ2n) is 4.26. The van der Waals surface area contributed by atoms with Gasteiger partial charge in [0.2, 0.25) is 5.91 Å². The van der Waals surface area contributed by atoms with Gasteiger partial charge in [-0.05, 0) is 30.3 Å². The van der Waals surface area contributed by atoms with E-state index in [0.29, 0.717) is 11.3 Å². The summed E-state index contributed by atoms with van der Waals surface area (Å²) >= 11 is 3.31. The van der Waals surface area contributed by atoms with Crippen LogP contribution in [0.25, 0.3) is 0 Å². The zero-order valence-corrected chi connectivity index (χ0v) is 12.8. The van der Waals surface area contributed by atoms with E-state index in [1.54, 1.807) is 18.2 Å². The highest BCUT2D eigenvalue weighted by Crippen LogP contribution is 2.21. The molecule has 1 amide bonds. The number of nitrogens with one attached hydrogen (secondary N) is 1. The lowest BCUT2D eigenvalue weighted by molar-refractivity contribution is -0.116. The Labute approximate surface area is 131 Å². The van der Waals surface area contributed by atoms with Gasteiger partial charge in [-0.1, -0.05) is 34.1 Å². The molecular formula is C16H13BrN2O2. The predicted octanol–water partition coefficient (Wildman–Crippen LogP) is 3.73. The Bertz CT molecular complexity index is 666. The monoisotopic (exact) mass is 344 g/mol. The van der Waals surface area contributed by atoms with Crippen molar-refractivity contribution in [1.82, 2.24) is 0 Å². The first-order valence-corrected chi connectivity index (χ1v) is 7.15. The van der Waals surface area contributed by atoms with Gasteiger partial charge in [-0.2, -0.15) is 5.26 Å². The van der Waals surface area contributed by atoms with Crippen LogP contribution in [0.2, 0.25) is 0 Å². The van der Waals surface area contributed by atoms with Gasteiger partial charge in [-0.15, -0.1) is 0 Å². The van der Waals surface area contributed by atoms with E-state index >= 15 is 0 Å². The number of carbonyl (C=O) groups is 1. The maximum absolute atomic E-state index is 11.9. The number of hydrogen-bond acceptors (Lipinski definition) is 3. The van der Waals surface area contributed by atoms with Crippen molar-refractivity contribution in [2.75, 3.05) is 11.9 Å². The van der Waals surface area contributed by atoms with E-state index in [0.717, 1.165) is 10.2 Å². The van der Waals surface area contributed by atoms with Crippen molar-refractivity contribution < 1.29 is 9.53 Å². The second-order valence-corrected chi connectivity index (χ2v) is 5.18. The minimum absolute atomic E-state index is 0.194. The van der Waals surface area contributed by atoms with Crippen LogP contribution in [0.15, 0.2) is 53.0 Å². The van der Waals surface area contributed by atoms with Gasteiger partial charge in [0.05, 0.1) is 24.3 Å². The Morgan fingerprint density at radius 3 is 2.71 bits per heavy atom. The van der Waals surface area contributed by atoms with E-state index in [1.807, 2.05) is 36.4 Å². The van der Waals surface area contributed by atoms with Crippen LogP contribution >= 0.6 is 15.9 Å². The van der Waals surface area contributed by atoms with E-state index in [9.17, 15) is 4.79 Å². The Balaban J connectivity index is 1.88. The van der Waals surface area contributed by atoms with E-state index in [2.05, 4.69) is 21.2 Å². The molecule has 106 valence electrons. The van der Waals surface area contributed by atoms with E-state index in [-0.39, 0.29) is 18.9 Å². The number of ether oxygens (including phenoxy) is 1. The topological polar surface area (TPSA) is 62.1 Å². The largest absolute Gasteiger partial charge is 0.493 e. The quantitative estimate of drug-likeness (QED) is 0.898. The molecule has 0 fully saturated rings. The van der Waals surface area contributed by atoms with Crippen LogP contribution in [0.3, 0.4) is 0 Å². The van der Waals surface area contributed by atoms with Crippen LogP contribution in [0.4, 0.5) is 5.69 Å². The molecule has 4 nitrogen and oxygen atoms in total. The third kappa shape index (κ3) is 4.62. The Hall–Kier alpha value is -2.32. The maximum atomic E-state index is 11.9. The number of carbonyl (C=O) groups excluding carboxylic acids is 1. The number of nitrogens with zero attached hydrogens (tertiary/aromatic N) is 1. The summed E-state index contributed by atoms with van der Waals surface area (Å²) in [5.74, 6) is 0.533. The summed E-state index contributed by atoms with van der Waals surface area (Å²) in [6, 6.07) is 16.5. The van der Waals surface area contributed by atoms with Gasteiger partial charge in [-0.25, -0.2) is 0 Å². The number of nitriles is 1. The highest BCUT2D eigenvalue weighted by molar-refractivity contribution is 9.10. The molecule has 5 heteroatoms. The first kappa shape index (κ1) is 15.1. The zero-order chi connectivity index (χ0) is 15.1. The Kier molecular flexibility index (Phi) is 5.35. The number of hydrogen-bond donors (Lipinski definition) is 1. The lowest BCUT2D eigenvalue weighted by Crippen LogP contribution is -2.16. The predicted molar refractivity (Wildman–Crippen MR) is 84.0 cm³/mol. The fourth-order valence-electron chi connectivity index (χ4n) is 1.71. The van der Waals surface area contributed by atoms with E-state index in [4.69, 9.17) is 10.00 Å². The lowest BCUT2D eigenvalue weighted by Gasteiger charge is -2.08.